The van der Waals surface area contributed by atoms with E-state index in [0.29, 0.717) is 11.5 Å². The molecule has 1 saturated heterocycles. The van der Waals surface area contributed by atoms with E-state index in [0.717, 1.165) is 43.6 Å². The van der Waals surface area contributed by atoms with E-state index in [2.05, 4.69) is 4.90 Å². The van der Waals surface area contributed by atoms with Crippen molar-refractivity contribution >= 4 is 5.97 Å². The molecule has 24 heavy (non-hydrogen) atoms. The lowest BCUT2D eigenvalue weighted by molar-refractivity contribution is 0.0568. The van der Waals surface area contributed by atoms with Gasteiger partial charge >= 0.3 is 5.97 Å². The van der Waals surface area contributed by atoms with E-state index < -0.39 is 5.97 Å². The van der Waals surface area contributed by atoms with Crippen molar-refractivity contribution in [3.63, 3.8) is 0 Å². The van der Waals surface area contributed by atoms with Gasteiger partial charge in [0.25, 0.3) is 0 Å². The van der Waals surface area contributed by atoms with Crippen LogP contribution in [0.25, 0.3) is 0 Å². The first kappa shape index (κ1) is 16.7. The van der Waals surface area contributed by atoms with Crippen molar-refractivity contribution < 1.29 is 15.0 Å². The van der Waals surface area contributed by atoms with Crippen LogP contribution in [0.2, 0.25) is 0 Å². The summed E-state index contributed by atoms with van der Waals surface area (Å²) in [6, 6.07) is 17.0. The second kappa shape index (κ2) is 7.60. The van der Waals surface area contributed by atoms with Gasteiger partial charge in [-0.05, 0) is 55.1 Å². The summed E-state index contributed by atoms with van der Waals surface area (Å²) in [5, 5.41) is 19.5. The fraction of sp³-hybridized carbons (Fsp3) is 0.350. The summed E-state index contributed by atoms with van der Waals surface area (Å²) in [5.74, 6) is -0.588. The third-order valence-corrected chi connectivity index (χ3v) is 4.83. The van der Waals surface area contributed by atoms with Crippen LogP contribution < -0.4 is 0 Å². The summed E-state index contributed by atoms with van der Waals surface area (Å²) >= 11 is 0. The monoisotopic (exact) mass is 325 g/mol. The molecule has 1 aliphatic heterocycles. The van der Waals surface area contributed by atoms with Gasteiger partial charge in [-0.15, -0.1) is 0 Å². The maximum atomic E-state index is 10.9. The first-order valence-electron chi connectivity index (χ1n) is 8.41. The van der Waals surface area contributed by atoms with E-state index >= 15 is 0 Å². The molecule has 2 N–H and O–H groups in total. The van der Waals surface area contributed by atoms with Gasteiger partial charge in [-0.1, -0.05) is 42.5 Å². The number of carboxylic acid groups (broad SMARTS) is 1. The Labute approximate surface area is 142 Å². The topological polar surface area (TPSA) is 60.8 Å². The number of carboxylic acids is 1. The molecule has 3 rings (SSSR count). The number of nitrogens with zero attached hydrogens (tertiary/aromatic N) is 1. The van der Waals surface area contributed by atoms with Crippen LogP contribution in [0.4, 0.5) is 0 Å². The van der Waals surface area contributed by atoms with Gasteiger partial charge in [0.2, 0.25) is 0 Å². The third-order valence-electron chi connectivity index (χ3n) is 4.83. The van der Waals surface area contributed by atoms with Crippen LogP contribution in [0.3, 0.4) is 0 Å². The average molecular weight is 325 g/mol. The van der Waals surface area contributed by atoms with Gasteiger partial charge in [0.15, 0.2) is 0 Å². The lowest BCUT2D eigenvalue weighted by atomic mass is 9.87. The number of rotatable bonds is 5. The Morgan fingerprint density at radius 1 is 1.04 bits per heavy atom. The SMILES string of the molecule is O=C(O)c1ccc(CN2CCC(C(O)c3ccccc3)CC2)cc1. The van der Waals surface area contributed by atoms with Crippen LogP contribution in [-0.2, 0) is 6.54 Å². The highest BCUT2D eigenvalue weighted by atomic mass is 16.4. The first-order valence-corrected chi connectivity index (χ1v) is 8.41. The Morgan fingerprint density at radius 3 is 2.25 bits per heavy atom. The number of hydrogen-bond donors (Lipinski definition) is 2. The molecule has 0 radical (unpaired) electrons. The van der Waals surface area contributed by atoms with Crippen LogP contribution in [-0.4, -0.2) is 34.2 Å². The van der Waals surface area contributed by atoms with Crippen molar-refractivity contribution in [2.45, 2.75) is 25.5 Å². The van der Waals surface area contributed by atoms with E-state index in [1.807, 2.05) is 42.5 Å². The number of aliphatic hydroxyl groups excluding tert-OH is 1. The van der Waals surface area contributed by atoms with E-state index in [-0.39, 0.29) is 6.10 Å². The number of hydrogen-bond acceptors (Lipinski definition) is 3. The maximum Gasteiger partial charge on any atom is 0.335 e. The molecular weight excluding hydrogens is 302 g/mol. The fourth-order valence-corrected chi connectivity index (χ4v) is 3.36. The number of piperidine rings is 1. The van der Waals surface area contributed by atoms with E-state index in [1.54, 1.807) is 12.1 Å². The van der Waals surface area contributed by atoms with Gasteiger partial charge in [0.1, 0.15) is 0 Å². The van der Waals surface area contributed by atoms with Crippen LogP contribution >= 0.6 is 0 Å². The highest BCUT2D eigenvalue weighted by molar-refractivity contribution is 5.87. The summed E-state index contributed by atoms with van der Waals surface area (Å²) in [7, 11) is 0. The highest BCUT2D eigenvalue weighted by Crippen LogP contribution is 2.31. The van der Waals surface area contributed by atoms with Gasteiger partial charge in [-0.2, -0.15) is 0 Å². The van der Waals surface area contributed by atoms with Crippen molar-refractivity contribution in [2.75, 3.05) is 13.1 Å². The second-order valence-electron chi connectivity index (χ2n) is 6.47. The molecule has 0 amide bonds. The third kappa shape index (κ3) is 4.02. The van der Waals surface area contributed by atoms with E-state index in [4.69, 9.17) is 5.11 Å². The summed E-state index contributed by atoms with van der Waals surface area (Å²) in [6.07, 6.45) is 1.57. The summed E-state index contributed by atoms with van der Waals surface area (Å²) in [4.78, 5) is 13.3. The van der Waals surface area contributed by atoms with Crippen molar-refractivity contribution in [1.29, 1.82) is 0 Å². The van der Waals surface area contributed by atoms with Gasteiger partial charge in [-0.3, -0.25) is 4.90 Å². The van der Waals surface area contributed by atoms with E-state index in [9.17, 15) is 9.90 Å². The Morgan fingerprint density at radius 2 is 1.67 bits per heavy atom. The van der Waals surface area contributed by atoms with Crippen LogP contribution in [0, 0.1) is 5.92 Å². The molecule has 2 aromatic carbocycles. The molecule has 126 valence electrons. The van der Waals surface area contributed by atoms with Gasteiger partial charge < -0.3 is 10.2 Å². The molecule has 1 fully saturated rings. The number of likely N-dealkylation sites (tertiary alicyclic amines) is 1. The molecule has 1 atom stereocenters. The molecular formula is C20H23NO3. The lowest BCUT2D eigenvalue weighted by Crippen LogP contribution is -2.35. The lowest BCUT2D eigenvalue weighted by Gasteiger charge is -2.34. The van der Waals surface area contributed by atoms with E-state index in [1.165, 1.54) is 0 Å². The van der Waals surface area contributed by atoms with Gasteiger partial charge in [0, 0.05) is 6.54 Å². The van der Waals surface area contributed by atoms with Crippen molar-refractivity contribution in [3.05, 3.63) is 71.3 Å². The normalized spacial score (nSPS) is 17.5. The Kier molecular flexibility index (Phi) is 5.28. The zero-order valence-electron chi connectivity index (χ0n) is 13.6. The minimum absolute atomic E-state index is 0.304. The molecule has 0 saturated carbocycles. The number of carbonyl (C=O) groups is 1. The van der Waals surface area contributed by atoms with Crippen LogP contribution in [0.1, 0.15) is 40.4 Å². The minimum Gasteiger partial charge on any atom is -0.478 e. The van der Waals surface area contributed by atoms with Crippen molar-refractivity contribution in [1.82, 2.24) is 4.90 Å². The molecule has 0 aromatic heterocycles. The summed E-state index contributed by atoms with van der Waals surface area (Å²) in [6.45, 7) is 2.73. The largest absolute Gasteiger partial charge is 0.478 e. The quantitative estimate of drug-likeness (QED) is 0.885. The zero-order valence-corrected chi connectivity index (χ0v) is 13.6. The molecule has 0 bridgehead atoms. The zero-order chi connectivity index (χ0) is 16.9. The number of benzene rings is 2. The van der Waals surface area contributed by atoms with Crippen LogP contribution in [0.15, 0.2) is 54.6 Å². The molecule has 2 aromatic rings. The molecule has 1 unspecified atom stereocenters. The Bertz CT molecular complexity index is 661. The molecule has 4 nitrogen and oxygen atoms in total. The highest BCUT2D eigenvalue weighted by Gasteiger charge is 2.26. The molecule has 1 aliphatic rings. The second-order valence-corrected chi connectivity index (χ2v) is 6.47. The predicted molar refractivity (Wildman–Crippen MR) is 92.8 cm³/mol. The summed E-state index contributed by atoms with van der Waals surface area (Å²) < 4.78 is 0. The standard InChI is InChI=1S/C20H23NO3/c22-19(16-4-2-1-3-5-16)17-10-12-21(13-11-17)14-15-6-8-18(9-7-15)20(23)24/h1-9,17,19,22H,10-14H2,(H,23,24). The first-order chi connectivity index (χ1) is 11.6. The Hall–Kier alpha value is -2.17. The number of aliphatic hydroxyl groups is 1. The minimum atomic E-state index is -0.891. The van der Waals surface area contributed by atoms with Crippen molar-refractivity contribution in [2.24, 2.45) is 5.92 Å². The van der Waals surface area contributed by atoms with Gasteiger partial charge in [-0.25, -0.2) is 4.79 Å². The maximum absolute atomic E-state index is 10.9. The smallest absolute Gasteiger partial charge is 0.335 e. The Balaban J connectivity index is 1.52. The summed E-state index contributed by atoms with van der Waals surface area (Å²) in [5.41, 5.74) is 2.45. The molecule has 0 aliphatic carbocycles. The molecule has 1 heterocycles. The predicted octanol–water partition coefficient (Wildman–Crippen LogP) is 3.33. The number of aromatic carboxylic acids is 1. The molecule has 0 spiro atoms. The van der Waals surface area contributed by atoms with Crippen molar-refractivity contribution in [3.8, 4) is 0 Å². The molecule has 4 heteroatoms. The van der Waals surface area contributed by atoms with Gasteiger partial charge in [0.05, 0.1) is 11.7 Å². The average Bonchev–Trinajstić information content (AvgIpc) is 2.63. The van der Waals surface area contributed by atoms with Crippen LogP contribution in [0.5, 0.6) is 0 Å². The fourth-order valence-electron chi connectivity index (χ4n) is 3.36.